The molecule has 0 spiro atoms. The highest BCUT2D eigenvalue weighted by molar-refractivity contribution is 6.31. The first-order valence-electron chi connectivity index (χ1n) is 6.99. The Morgan fingerprint density at radius 1 is 1.14 bits per heavy atom. The molecule has 3 heteroatoms. The second kappa shape index (κ2) is 5.84. The van der Waals surface area contributed by atoms with Crippen LogP contribution in [0.5, 0.6) is 0 Å². The number of fused-ring (bicyclic) bond motifs is 1. The number of benzene rings is 2. The zero-order chi connectivity index (χ0) is 14.8. The van der Waals surface area contributed by atoms with E-state index in [9.17, 15) is 0 Å². The van der Waals surface area contributed by atoms with E-state index < -0.39 is 0 Å². The van der Waals surface area contributed by atoms with Gasteiger partial charge in [0.25, 0.3) is 0 Å². The highest BCUT2D eigenvalue weighted by Crippen LogP contribution is 2.24. The summed E-state index contributed by atoms with van der Waals surface area (Å²) in [6, 6.07) is 16.1. The number of aryl methyl sites for hydroxylation is 1. The second-order valence-corrected chi connectivity index (χ2v) is 5.71. The molecule has 0 saturated carbocycles. The maximum absolute atomic E-state index is 6.37. The monoisotopic (exact) mass is 296 g/mol. The van der Waals surface area contributed by atoms with Crippen molar-refractivity contribution in [1.82, 2.24) is 4.98 Å². The van der Waals surface area contributed by atoms with Crippen molar-refractivity contribution in [3.63, 3.8) is 0 Å². The smallest absolute Gasteiger partial charge is 0.0704 e. The molecule has 0 amide bonds. The second-order valence-electron chi connectivity index (χ2n) is 5.31. The lowest BCUT2D eigenvalue weighted by Crippen LogP contribution is -2.13. The van der Waals surface area contributed by atoms with Gasteiger partial charge in [-0.1, -0.05) is 41.9 Å². The first-order chi connectivity index (χ1) is 10.1. The maximum atomic E-state index is 6.37. The minimum atomic E-state index is -0.0493. The topological polar surface area (TPSA) is 38.9 Å². The Bertz CT molecular complexity index is 778. The van der Waals surface area contributed by atoms with Crippen molar-refractivity contribution in [1.29, 1.82) is 0 Å². The molecule has 1 unspecified atom stereocenters. The molecule has 1 heterocycles. The van der Waals surface area contributed by atoms with Crippen LogP contribution < -0.4 is 5.73 Å². The fourth-order valence-corrected chi connectivity index (χ4v) is 2.70. The third kappa shape index (κ3) is 2.92. The van der Waals surface area contributed by atoms with E-state index in [1.54, 1.807) is 0 Å². The van der Waals surface area contributed by atoms with Crippen LogP contribution in [0.1, 0.15) is 22.7 Å². The third-order valence-electron chi connectivity index (χ3n) is 3.79. The number of pyridine rings is 1. The molecule has 0 radical (unpaired) electrons. The Labute approximate surface area is 129 Å². The van der Waals surface area contributed by atoms with E-state index in [0.29, 0.717) is 0 Å². The Balaban J connectivity index is 1.92. The molecular weight excluding hydrogens is 280 g/mol. The van der Waals surface area contributed by atoms with E-state index in [0.717, 1.165) is 28.1 Å². The molecule has 1 atom stereocenters. The molecule has 0 aliphatic carbocycles. The molecule has 2 nitrogen and oxygen atoms in total. The highest BCUT2D eigenvalue weighted by atomic mass is 35.5. The quantitative estimate of drug-likeness (QED) is 0.776. The summed E-state index contributed by atoms with van der Waals surface area (Å²) in [4.78, 5) is 4.39. The fraction of sp³-hybridized carbons (Fsp3) is 0.167. The predicted octanol–water partition coefficient (Wildman–Crippen LogP) is 4.44. The minimum absolute atomic E-state index is 0.0493. The molecule has 21 heavy (non-hydrogen) atoms. The minimum Gasteiger partial charge on any atom is -0.324 e. The van der Waals surface area contributed by atoms with E-state index in [1.165, 1.54) is 10.9 Å². The van der Waals surface area contributed by atoms with Crippen LogP contribution in [0.25, 0.3) is 10.9 Å². The normalized spacial score (nSPS) is 12.5. The van der Waals surface area contributed by atoms with Crippen molar-refractivity contribution in [3.05, 3.63) is 76.4 Å². The number of nitrogens with two attached hydrogens (primary N) is 1. The SMILES string of the molecule is Cc1cc(C(N)Cc2ccnc3ccccc23)ccc1Cl. The van der Waals surface area contributed by atoms with Crippen molar-refractivity contribution < 1.29 is 0 Å². The summed E-state index contributed by atoms with van der Waals surface area (Å²) in [5.74, 6) is 0. The first-order valence-corrected chi connectivity index (χ1v) is 7.37. The van der Waals surface area contributed by atoms with Gasteiger partial charge in [0.2, 0.25) is 0 Å². The Morgan fingerprint density at radius 2 is 1.95 bits per heavy atom. The van der Waals surface area contributed by atoms with E-state index in [1.807, 2.05) is 49.5 Å². The molecule has 2 N–H and O–H groups in total. The molecule has 2 aromatic carbocycles. The average molecular weight is 297 g/mol. The van der Waals surface area contributed by atoms with E-state index in [2.05, 4.69) is 17.1 Å². The van der Waals surface area contributed by atoms with Gasteiger partial charge >= 0.3 is 0 Å². The van der Waals surface area contributed by atoms with Gasteiger partial charge in [-0.25, -0.2) is 0 Å². The van der Waals surface area contributed by atoms with Crippen LogP contribution in [0, 0.1) is 6.92 Å². The first kappa shape index (κ1) is 14.1. The lowest BCUT2D eigenvalue weighted by Gasteiger charge is -2.15. The van der Waals surface area contributed by atoms with Gasteiger partial charge in [-0.2, -0.15) is 0 Å². The van der Waals surface area contributed by atoms with Gasteiger partial charge in [-0.15, -0.1) is 0 Å². The van der Waals surface area contributed by atoms with Gasteiger partial charge in [0.1, 0.15) is 0 Å². The number of nitrogens with zero attached hydrogens (tertiary/aromatic N) is 1. The fourth-order valence-electron chi connectivity index (χ4n) is 2.59. The van der Waals surface area contributed by atoms with E-state index in [4.69, 9.17) is 17.3 Å². The molecule has 106 valence electrons. The Hall–Kier alpha value is -1.90. The molecule has 1 aromatic heterocycles. The summed E-state index contributed by atoms with van der Waals surface area (Å²) in [6.07, 6.45) is 2.63. The van der Waals surface area contributed by atoms with E-state index >= 15 is 0 Å². The van der Waals surface area contributed by atoms with Crippen molar-refractivity contribution in [2.24, 2.45) is 5.73 Å². The van der Waals surface area contributed by atoms with E-state index in [-0.39, 0.29) is 6.04 Å². The summed E-state index contributed by atoms with van der Waals surface area (Å²) in [5.41, 5.74) is 10.8. The van der Waals surface area contributed by atoms with Crippen LogP contribution in [-0.2, 0) is 6.42 Å². The van der Waals surface area contributed by atoms with Crippen molar-refractivity contribution in [2.75, 3.05) is 0 Å². The predicted molar refractivity (Wildman–Crippen MR) is 88.6 cm³/mol. The molecule has 0 bridgehead atoms. The van der Waals surface area contributed by atoms with Crippen molar-refractivity contribution >= 4 is 22.5 Å². The van der Waals surface area contributed by atoms with Crippen molar-refractivity contribution in [2.45, 2.75) is 19.4 Å². The van der Waals surface area contributed by atoms with Gasteiger partial charge in [-0.05, 0) is 48.2 Å². The standard InChI is InChI=1S/C18H17ClN2/c1-12-10-14(6-7-16(12)19)17(20)11-13-8-9-21-18-5-3-2-4-15(13)18/h2-10,17H,11,20H2,1H3. The maximum Gasteiger partial charge on any atom is 0.0704 e. The van der Waals surface area contributed by atoms with Crippen LogP contribution in [0.15, 0.2) is 54.7 Å². The Morgan fingerprint density at radius 3 is 2.76 bits per heavy atom. The summed E-state index contributed by atoms with van der Waals surface area (Å²) in [5, 5.41) is 1.95. The molecule has 0 saturated heterocycles. The number of hydrogen-bond acceptors (Lipinski definition) is 2. The van der Waals surface area contributed by atoms with Crippen LogP contribution in [-0.4, -0.2) is 4.98 Å². The van der Waals surface area contributed by atoms with Crippen molar-refractivity contribution in [3.8, 4) is 0 Å². The van der Waals surface area contributed by atoms with Crippen LogP contribution in [0.3, 0.4) is 0 Å². The number of hydrogen-bond donors (Lipinski definition) is 1. The molecule has 0 fully saturated rings. The van der Waals surface area contributed by atoms with Gasteiger partial charge < -0.3 is 5.73 Å². The molecule has 3 aromatic rings. The number of halogens is 1. The molecular formula is C18H17ClN2. The summed E-state index contributed by atoms with van der Waals surface area (Å²) in [7, 11) is 0. The van der Waals surface area contributed by atoms with Gasteiger partial charge in [0, 0.05) is 22.6 Å². The van der Waals surface area contributed by atoms with Crippen LogP contribution in [0.2, 0.25) is 5.02 Å². The van der Waals surface area contributed by atoms with Gasteiger partial charge in [0.05, 0.1) is 5.52 Å². The summed E-state index contributed by atoms with van der Waals surface area (Å²) in [6.45, 7) is 2.00. The number of aromatic nitrogens is 1. The van der Waals surface area contributed by atoms with Crippen LogP contribution in [0.4, 0.5) is 0 Å². The number of para-hydroxylation sites is 1. The lowest BCUT2D eigenvalue weighted by molar-refractivity contribution is 0.724. The summed E-state index contributed by atoms with van der Waals surface area (Å²) < 4.78 is 0. The average Bonchev–Trinajstić information content (AvgIpc) is 2.50. The third-order valence-corrected chi connectivity index (χ3v) is 4.21. The zero-order valence-corrected chi connectivity index (χ0v) is 12.6. The van der Waals surface area contributed by atoms with Gasteiger partial charge in [-0.3, -0.25) is 4.98 Å². The largest absolute Gasteiger partial charge is 0.324 e. The molecule has 0 aliphatic rings. The lowest BCUT2D eigenvalue weighted by atomic mass is 9.96. The molecule has 3 rings (SSSR count). The van der Waals surface area contributed by atoms with Crippen LogP contribution >= 0.6 is 11.6 Å². The van der Waals surface area contributed by atoms with Gasteiger partial charge in [0.15, 0.2) is 0 Å². The Kier molecular flexibility index (Phi) is 3.91. The zero-order valence-electron chi connectivity index (χ0n) is 11.9. The molecule has 0 aliphatic heterocycles. The number of rotatable bonds is 3. The highest BCUT2D eigenvalue weighted by Gasteiger charge is 2.10. The summed E-state index contributed by atoms with van der Waals surface area (Å²) >= 11 is 6.07.